The molecule has 0 radical (unpaired) electrons. The average Bonchev–Trinajstić information content (AvgIpc) is 3.05. The summed E-state index contributed by atoms with van der Waals surface area (Å²) in [4.78, 5) is 54.3. The summed E-state index contributed by atoms with van der Waals surface area (Å²) >= 11 is 0. The van der Waals surface area contributed by atoms with Gasteiger partial charge in [0, 0.05) is 17.9 Å². The van der Waals surface area contributed by atoms with Crippen molar-refractivity contribution in [2.45, 2.75) is 70.5 Å². The molecule has 2 fully saturated rings. The first kappa shape index (κ1) is 26.2. The van der Waals surface area contributed by atoms with Crippen LogP contribution in [-0.4, -0.2) is 50.4 Å². The van der Waals surface area contributed by atoms with Crippen LogP contribution in [-0.2, 0) is 16.1 Å². The maximum Gasteiger partial charge on any atom is 0.328 e. The van der Waals surface area contributed by atoms with E-state index in [-0.39, 0.29) is 30.8 Å². The molecule has 1 atom stereocenters. The zero-order valence-electron chi connectivity index (χ0n) is 21.3. The predicted molar refractivity (Wildman–Crippen MR) is 140 cm³/mol. The molecule has 2 aromatic rings. The third-order valence-electron chi connectivity index (χ3n) is 7.13. The third-order valence-corrected chi connectivity index (χ3v) is 7.13. The molecule has 4 rings (SSSR count). The largest absolute Gasteiger partial charge is 0.480 e. The maximum atomic E-state index is 13.7. The van der Waals surface area contributed by atoms with Gasteiger partial charge in [0.15, 0.2) is 0 Å². The molecule has 0 unspecified atom stereocenters. The van der Waals surface area contributed by atoms with Crippen LogP contribution in [0.4, 0.5) is 21.0 Å². The lowest BCUT2D eigenvalue weighted by molar-refractivity contribution is -0.149. The van der Waals surface area contributed by atoms with Crippen LogP contribution in [0.2, 0.25) is 0 Å². The molecule has 1 aliphatic heterocycles. The third kappa shape index (κ3) is 5.60. The summed E-state index contributed by atoms with van der Waals surface area (Å²) in [5, 5.41) is 15.4. The Morgan fingerprint density at radius 2 is 1.51 bits per heavy atom. The summed E-state index contributed by atoms with van der Waals surface area (Å²) in [5.41, 5.74) is 1.04. The summed E-state index contributed by atoms with van der Waals surface area (Å²) in [5.74, 6) is -1.54. The van der Waals surface area contributed by atoms with Crippen molar-refractivity contribution in [1.29, 1.82) is 0 Å². The van der Waals surface area contributed by atoms with E-state index in [9.17, 15) is 24.3 Å². The Balaban J connectivity index is 1.52. The number of rotatable bonds is 8. The van der Waals surface area contributed by atoms with Crippen LogP contribution < -0.4 is 10.6 Å². The molecular formula is C28H34N4O5. The van der Waals surface area contributed by atoms with Gasteiger partial charge < -0.3 is 20.6 Å². The molecule has 2 aliphatic rings. The summed E-state index contributed by atoms with van der Waals surface area (Å²) in [6.45, 7) is 3.95. The minimum absolute atomic E-state index is 0.0113. The number of carboxylic acids is 1. The Bertz CT molecular complexity index is 1140. The molecule has 3 N–H and O–H groups in total. The number of nitrogens with zero attached hydrogens (tertiary/aromatic N) is 2. The first-order valence-electron chi connectivity index (χ1n) is 12.8. The van der Waals surface area contributed by atoms with E-state index >= 15 is 0 Å². The topological polar surface area (TPSA) is 119 Å². The van der Waals surface area contributed by atoms with E-state index in [1.165, 1.54) is 0 Å². The first-order chi connectivity index (χ1) is 17.7. The zero-order valence-corrected chi connectivity index (χ0v) is 21.3. The Morgan fingerprint density at radius 1 is 0.919 bits per heavy atom. The molecule has 1 saturated carbocycles. The first-order valence-corrected chi connectivity index (χ1v) is 12.8. The van der Waals surface area contributed by atoms with Crippen LogP contribution in [0.5, 0.6) is 0 Å². The van der Waals surface area contributed by atoms with Crippen molar-refractivity contribution in [2.75, 3.05) is 10.6 Å². The van der Waals surface area contributed by atoms with Crippen molar-refractivity contribution in [2.24, 2.45) is 5.92 Å². The number of carbonyl (C=O) groups is 4. The number of urea groups is 2. The second kappa shape index (κ2) is 11.0. The average molecular weight is 507 g/mol. The smallest absolute Gasteiger partial charge is 0.328 e. The van der Waals surface area contributed by atoms with Crippen molar-refractivity contribution in [3.8, 4) is 0 Å². The minimum atomic E-state index is -1.18. The van der Waals surface area contributed by atoms with Gasteiger partial charge in [-0.05, 0) is 55.0 Å². The van der Waals surface area contributed by atoms with Gasteiger partial charge in [0.2, 0.25) is 0 Å². The molecular weight excluding hydrogens is 472 g/mol. The van der Waals surface area contributed by atoms with Gasteiger partial charge in [-0.1, -0.05) is 63.4 Å². The maximum absolute atomic E-state index is 13.7. The van der Waals surface area contributed by atoms with E-state index in [1.54, 1.807) is 41.3 Å². The number of amides is 5. The number of para-hydroxylation sites is 1. The van der Waals surface area contributed by atoms with E-state index in [2.05, 4.69) is 10.6 Å². The monoisotopic (exact) mass is 506 g/mol. The van der Waals surface area contributed by atoms with E-state index < -0.39 is 23.6 Å². The number of nitrogens with one attached hydrogen (secondary N) is 2. The number of carboxylic acid groups (broad SMARTS) is 1. The fourth-order valence-electron chi connectivity index (χ4n) is 5.31. The second-order valence-electron chi connectivity index (χ2n) is 10.3. The predicted octanol–water partition coefficient (Wildman–Crippen LogP) is 5.30. The van der Waals surface area contributed by atoms with E-state index in [1.807, 2.05) is 32.0 Å². The zero-order chi connectivity index (χ0) is 26.6. The van der Waals surface area contributed by atoms with Gasteiger partial charge in [-0.15, -0.1) is 0 Å². The van der Waals surface area contributed by atoms with E-state index in [4.69, 9.17) is 0 Å². The highest BCUT2D eigenvalue weighted by Crippen LogP contribution is 2.42. The molecule has 1 heterocycles. The summed E-state index contributed by atoms with van der Waals surface area (Å²) in [7, 11) is 0. The van der Waals surface area contributed by atoms with Crippen LogP contribution in [0.1, 0.15) is 57.9 Å². The number of benzene rings is 2. The van der Waals surface area contributed by atoms with Gasteiger partial charge in [0.1, 0.15) is 11.6 Å². The summed E-state index contributed by atoms with van der Waals surface area (Å²) in [6, 6.07) is 14.1. The molecule has 5 amide bonds. The Morgan fingerprint density at radius 3 is 2.08 bits per heavy atom. The molecule has 37 heavy (non-hydrogen) atoms. The van der Waals surface area contributed by atoms with Crippen molar-refractivity contribution >= 4 is 35.3 Å². The van der Waals surface area contributed by atoms with Gasteiger partial charge in [-0.3, -0.25) is 4.79 Å². The van der Waals surface area contributed by atoms with Gasteiger partial charge in [0.05, 0.1) is 0 Å². The summed E-state index contributed by atoms with van der Waals surface area (Å²) in [6.07, 6.45) is 3.87. The SMILES string of the molecule is CC(C)C[C@H](C(=O)O)N1C(=O)N(Cc2ccc(NC(=O)Nc3ccccc3)cc2)C2(CCCCC2)C1=O. The normalized spacial score (nSPS) is 17.8. The molecule has 1 saturated heterocycles. The Labute approximate surface area is 216 Å². The number of hydrogen-bond donors (Lipinski definition) is 3. The number of hydrogen-bond acceptors (Lipinski definition) is 4. The standard InChI is InChI=1S/C28H34N4O5/c1-19(2)17-23(24(33)34)32-25(35)28(15-7-4-8-16-28)31(27(32)37)18-20-11-13-22(14-12-20)30-26(36)29-21-9-5-3-6-10-21/h3,5-6,9-14,19,23H,4,7-8,15-18H2,1-2H3,(H,33,34)(H2,29,30,36)/t23-/m1/s1. The summed E-state index contributed by atoms with van der Waals surface area (Å²) < 4.78 is 0. The van der Waals surface area contributed by atoms with Crippen LogP contribution in [0.15, 0.2) is 54.6 Å². The van der Waals surface area contributed by atoms with Crippen molar-refractivity contribution in [3.05, 3.63) is 60.2 Å². The minimum Gasteiger partial charge on any atom is -0.480 e. The van der Waals surface area contributed by atoms with Crippen molar-refractivity contribution in [1.82, 2.24) is 9.80 Å². The Kier molecular flexibility index (Phi) is 7.80. The quantitative estimate of drug-likeness (QED) is 0.420. The molecule has 9 nitrogen and oxygen atoms in total. The fraction of sp³-hybridized carbons (Fsp3) is 0.429. The van der Waals surface area contributed by atoms with Gasteiger partial charge >= 0.3 is 18.0 Å². The molecule has 0 bridgehead atoms. The number of anilines is 2. The highest BCUT2D eigenvalue weighted by atomic mass is 16.4. The van der Waals surface area contributed by atoms with E-state index in [0.717, 1.165) is 29.7 Å². The molecule has 1 spiro atoms. The lowest BCUT2D eigenvalue weighted by atomic mass is 9.80. The highest BCUT2D eigenvalue weighted by Gasteiger charge is 2.59. The lowest BCUT2D eigenvalue weighted by Crippen LogP contribution is -2.51. The van der Waals surface area contributed by atoms with Gasteiger partial charge in [-0.25, -0.2) is 19.3 Å². The number of imide groups is 1. The lowest BCUT2D eigenvalue weighted by Gasteiger charge is -2.38. The van der Waals surface area contributed by atoms with Crippen LogP contribution in [0.3, 0.4) is 0 Å². The van der Waals surface area contributed by atoms with Gasteiger partial charge in [-0.2, -0.15) is 0 Å². The van der Waals surface area contributed by atoms with Crippen LogP contribution in [0, 0.1) is 5.92 Å². The highest BCUT2D eigenvalue weighted by molar-refractivity contribution is 6.09. The Hall–Kier alpha value is -3.88. The van der Waals surface area contributed by atoms with Gasteiger partial charge in [0.25, 0.3) is 5.91 Å². The van der Waals surface area contributed by atoms with Crippen molar-refractivity contribution < 1.29 is 24.3 Å². The molecule has 2 aromatic carbocycles. The van der Waals surface area contributed by atoms with Crippen LogP contribution >= 0.6 is 0 Å². The van der Waals surface area contributed by atoms with E-state index in [0.29, 0.717) is 24.2 Å². The van der Waals surface area contributed by atoms with Crippen molar-refractivity contribution in [3.63, 3.8) is 0 Å². The number of carbonyl (C=O) groups excluding carboxylic acids is 3. The number of aliphatic carboxylic acids is 1. The molecule has 9 heteroatoms. The molecule has 1 aliphatic carbocycles. The second-order valence-corrected chi connectivity index (χ2v) is 10.3. The van der Waals surface area contributed by atoms with Crippen LogP contribution in [0.25, 0.3) is 0 Å². The molecule has 196 valence electrons. The fourth-order valence-corrected chi connectivity index (χ4v) is 5.31. The molecule has 0 aromatic heterocycles.